The zero-order valence-corrected chi connectivity index (χ0v) is 14.1. The lowest BCUT2D eigenvalue weighted by molar-refractivity contribution is 0.0691. The van der Waals surface area contributed by atoms with E-state index in [9.17, 15) is 4.79 Å². The zero-order chi connectivity index (χ0) is 16.9. The first-order chi connectivity index (χ1) is 11.7. The van der Waals surface area contributed by atoms with Gasteiger partial charge in [0.05, 0.1) is 12.7 Å². The molecule has 0 aromatic heterocycles. The number of likely N-dealkylation sites (tertiary alicyclic amines) is 1. The van der Waals surface area contributed by atoms with Gasteiger partial charge in [0.15, 0.2) is 0 Å². The Morgan fingerprint density at radius 2 is 1.88 bits per heavy atom. The summed E-state index contributed by atoms with van der Waals surface area (Å²) in [6.07, 6.45) is 3.17. The van der Waals surface area contributed by atoms with E-state index in [2.05, 4.69) is 24.3 Å². The van der Waals surface area contributed by atoms with E-state index in [-0.39, 0.29) is 5.91 Å². The molecule has 0 atom stereocenters. The number of methoxy groups -OCH3 is 1. The van der Waals surface area contributed by atoms with Gasteiger partial charge >= 0.3 is 0 Å². The van der Waals surface area contributed by atoms with E-state index >= 15 is 0 Å². The van der Waals surface area contributed by atoms with Gasteiger partial charge in [-0.3, -0.25) is 4.79 Å². The Balaban J connectivity index is 1.59. The van der Waals surface area contributed by atoms with Gasteiger partial charge in [-0.2, -0.15) is 0 Å². The van der Waals surface area contributed by atoms with Crippen LogP contribution in [0, 0.1) is 5.92 Å². The molecule has 4 nitrogen and oxygen atoms in total. The molecule has 2 N–H and O–H groups in total. The zero-order valence-electron chi connectivity index (χ0n) is 14.1. The molecule has 3 rings (SSSR count). The third-order valence-corrected chi connectivity index (χ3v) is 4.76. The van der Waals surface area contributed by atoms with Crippen molar-refractivity contribution in [2.24, 2.45) is 5.92 Å². The Kier molecular flexibility index (Phi) is 5.04. The van der Waals surface area contributed by atoms with Crippen molar-refractivity contribution in [3.63, 3.8) is 0 Å². The first-order valence-corrected chi connectivity index (χ1v) is 8.44. The molecule has 24 heavy (non-hydrogen) atoms. The molecule has 0 unspecified atom stereocenters. The number of piperidine rings is 1. The standard InChI is InChI=1S/C20H24N2O2/c1-24-17-7-8-18(19(21)14-17)20(23)22-11-9-16(10-12-22)13-15-5-3-2-4-6-15/h2-8,14,16H,9-13,21H2,1H3. The second-order valence-corrected chi connectivity index (χ2v) is 6.38. The van der Waals surface area contributed by atoms with Crippen LogP contribution in [0.2, 0.25) is 0 Å². The molecule has 0 radical (unpaired) electrons. The minimum Gasteiger partial charge on any atom is -0.497 e. The molecule has 126 valence electrons. The van der Waals surface area contributed by atoms with E-state index in [0.717, 1.165) is 32.4 Å². The van der Waals surface area contributed by atoms with Gasteiger partial charge in [-0.15, -0.1) is 0 Å². The molecule has 2 aromatic rings. The van der Waals surface area contributed by atoms with Crippen molar-refractivity contribution >= 4 is 11.6 Å². The van der Waals surface area contributed by atoms with Gasteiger partial charge in [-0.1, -0.05) is 30.3 Å². The Morgan fingerprint density at radius 1 is 1.17 bits per heavy atom. The molecule has 0 saturated carbocycles. The van der Waals surface area contributed by atoms with E-state index in [1.807, 2.05) is 11.0 Å². The predicted octanol–water partition coefficient (Wildman–Crippen LogP) is 3.37. The maximum atomic E-state index is 12.7. The highest BCUT2D eigenvalue weighted by molar-refractivity contribution is 5.99. The van der Waals surface area contributed by atoms with E-state index < -0.39 is 0 Å². The first-order valence-electron chi connectivity index (χ1n) is 8.44. The van der Waals surface area contributed by atoms with Crippen LogP contribution in [0.3, 0.4) is 0 Å². The second kappa shape index (κ2) is 7.39. The number of hydrogen-bond acceptors (Lipinski definition) is 3. The average molecular weight is 324 g/mol. The molecule has 1 heterocycles. The first kappa shape index (κ1) is 16.4. The molecule has 4 heteroatoms. The lowest BCUT2D eigenvalue weighted by Gasteiger charge is -2.32. The van der Waals surface area contributed by atoms with Gasteiger partial charge in [0.2, 0.25) is 0 Å². The largest absolute Gasteiger partial charge is 0.497 e. The molecule has 1 fully saturated rings. The fourth-order valence-corrected chi connectivity index (χ4v) is 3.32. The summed E-state index contributed by atoms with van der Waals surface area (Å²) in [6, 6.07) is 15.8. The van der Waals surface area contributed by atoms with Crippen molar-refractivity contribution in [3.05, 3.63) is 59.7 Å². The molecule has 0 bridgehead atoms. The monoisotopic (exact) mass is 324 g/mol. The minimum absolute atomic E-state index is 0.0216. The summed E-state index contributed by atoms with van der Waals surface area (Å²) < 4.78 is 5.14. The van der Waals surface area contributed by atoms with Crippen molar-refractivity contribution in [1.29, 1.82) is 0 Å². The van der Waals surface area contributed by atoms with Crippen LogP contribution in [-0.4, -0.2) is 31.0 Å². The van der Waals surface area contributed by atoms with Crippen LogP contribution in [0.1, 0.15) is 28.8 Å². The van der Waals surface area contributed by atoms with Gasteiger partial charge in [0, 0.05) is 24.8 Å². The molecule has 1 saturated heterocycles. The van der Waals surface area contributed by atoms with Gasteiger partial charge in [-0.05, 0) is 42.9 Å². The molecule has 0 spiro atoms. The smallest absolute Gasteiger partial charge is 0.255 e. The van der Waals surface area contributed by atoms with Crippen molar-refractivity contribution in [3.8, 4) is 5.75 Å². The Hall–Kier alpha value is -2.49. The number of anilines is 1. The number of benzene rings is 2. The summed E-state index contributed by atoms with van der Waals surface area (Å²) in [7, 11) is 1.59. The maximum Gasteiger partial charge on any atom is 0.255 e. The lowest BCUT2D eigenvalue weighted by Crippen LogP contribution is -2.39. The highest BCUT2D eigenvalue weighted by atomic mass is 16.5. The van der Waals surface area contributed by atoms with Crippen molar-refractivity contribution in [2.45, 2.75) is 19.3 Å². The summed E-state index contributed by atoms with van der Waals surface area (Å²) in [5.74, 6) is 1.34. The van der Waals surface area contributed by atoms with Crippen LogP contribution in [0.15, 0.2) is 48.5 Å². The van der Waals surface area contributed by atoms with Crippen molar-refractivity contribution in [1.82, 2.24) is 4.90 Å². The maximum absolute atomic E-state index is 12.7. The molecular formula is C20H24N2O2. The summed E-state index contributed by atoms with van der Waals surface area (Å²) in [6.45, 7) is 1.59. The fraction of sp³-hybridized carbons (Fsp3) is 0.350. The van der Waals surface area contributed by atoms with Crippen LogP contribution < -0.4 is 10.5 Å². The number of amides is 1. The van der Waals surface area contributed by atoms with Gasteiger partial charge in [0.1, 0.15) is 5.75 Å². The number of ether oxygens (including phenoxy) is 1. The Labute approximate surface area is 143 Å². The number of nitrogens with two attached hydrogens (primary N) is 1. The molecule has 0 aliphatic carbocycles. The summed E-state index contributed by atoms with van der Waals surface area (Å²) >= 11 is 0. The van der Waals surface area contributed by atoms with E-state index in [1.165, 1.54) is 5.56 Å². The number of carbonyl (C=O) groups excluding carboxylic acids is 1. The summed E-state index contributed by atoms with van der Waals surface area (Å²) in [4.78, 5) is 14.6. The van der Waals surface area contributed by atoms with Crippen LogP contribution in [0.4, 0.5) is 5.69 Å². The van der Waals surface area contributed by atoms with Crippen LogP contribution >= 0.6 is 0 Å². The third kappa shape index (κ3) is 3.70. The van der Waals surface area contributed by atoms with E-state index in [0.29, 0.717) is 22.9 Å². The molecule has 1 aliphatic rings. The number of carbonyl (C=O) groups is 1. The van der Waals surface area contributed by atoms with Crippen LogP contribution in [0.5, 0.6) is 5.75 Å². The number of nitrogen functional groups attached to an aromatic ring is 1. The third-order valence-electron chi connectivity index (χ3n) is 4.76. The average Bonchev–Trinajstić information content (AvgIpc) is 2.62. The highest BCUT2D eigenvalue weighted by Crippen LogP contribution is 2.25. The Morgan fingerprint density at radius 3 is 2.50 bits per heavy atom. The number of rotatable bonds is 4. The van der Waals surface area contributed by atoms with E-state index in [4.69, 9.17) is 10.5 Å². The molecular weight excluding hydrogens is 300 g/mol. The topological polar surface area (TPSA) is 55.6 Å². The van der Waals surface area contributed by atoms with E-state index in [1.54, 1.807) is 25.3 Å². The van der Waals surface area contributed by atoms with Crippen molar-refractivity contribution < 1.29 is 9.53 Å². The molecule has 1 amide bonds. The lowest BCUT2D eigenvalue weighted by atomic mass is 9.90. The van der Waals surface area contributed by atoms with Crippen LogP contribution in [-0.2, 0) is 6.42 Å². The SMILES string of the molecule is COc1ccc(C(=O)N2CCC(Cc3ccccc3)CC2)c(N)c1. The number of hydrogen-bond donors (Lipinski definition) is 1. The fourth-order valence-electron chi connectivity index (χ4n) is 3.32. The quantitative estimate of drug-likeness (QED) is 0.877. The van der Waals surface area contributed by atoms with Crippen LogP contribution in [0.25, 0.3) is 0 Å². The minimum atomic E-state index is 0.0216. The van der Waals surface area contributed by atoms with Gasteiger partial charge in [0.25, 0.3) is 5.91 Å². The summed E-state index contributed by atoms with van der Waals surface area (Å²) in [5.41, 5.74) is 8.43. The highest BCUT2D eigenvalue weighted by Gasteiger charge is 2.24. The second-order valence-electron chi connectivity index (χ2n) is 6.38. The summed E-state index contributed by atoms with van der Waals surface area (Å²) in [5, 5.41) is 0. The van der Waals surface area contributed by atoms with Crippen molar-refractivity contribution in [2.75, 3.05) is 25.9 Å². The van der Waals surface area contributed by atoms with Gasteiger partial charge < -0.3 is 15.4 Å². The van der Waals surface area contributed by atoms with Gasteiger partial charge in [-0.25, -0.2) is 0 Å². The predicted molar refractivity (Wildman–Crippen MR) is 96.2 cm³/mol. The molecule has 1 aliphatic heterocycles. The number of nitrogens with zero attached hydrogens (tertiary/aromatic N) is 1. The molecule has 2 aromatic carbocycles. The Bertz CT molecular complexity index is 692. The normalized spacial score (nSPS) is 15.3.